The highest BCUT2D eigenvalue weighted by atomic mass is 32.1. The van der Waals surface area contributed by atoms with Crippen LogP contribution in [0.1, 0.15) is 35.5 Å². The van der Waals surface area contributed by atoms with Crippen molar-refractivity contribution >= 4 is 11.5 Å². The Kier molecular flexibility index (Phi) is 4.22. The van der Waals surface area contributed by atoms with Crippen LogP contribution in [-0.2, 0) is 0 Å². The van der Waals surface area contributed by atoms with Gasteiger partial charge in [0.2, 0.25) is 0 Å². The standard InChI is InChI=1S/C12H16N4OS/c1-3-4-17-10-5-9(6-14-7-10)11(13)12-8(2)15-16-18-12/h5-7,11H,3-4,13H2,1-2H3. The second-order valence-electron chi connectivity index (χ2n) is 4.00. The highest BCUT2D eigenvalue weighted by molar-refractivity contribution is 7.05. The Hall–Kier alpha value is -1.53. The molecule has 0 aliphatic heterocycles. The van der Waals surface area contributed by atoms with Crippen molar-refractivity contribution in [3.63, 3.8) is 0 Å². The molecule has 6 heteroatoms. The number of hydrogen-bond donors (Lipinski definition) is 1. The summed E-state index contributed by atoms with van der Waals surface area (Å²) in [5, 5.41) is 3.97. The molecule has 2 N–H and O–H groups in total. The van der Waals surface area contributed by atoms with Crippen LogP contribution in [0.2, 0.25) is 0 Å². The van der Waals surface area contributed by atoms with Crippen LogP contribution < -0.4 is 10.5 Å². The van der Waals surface area contributed by atoms with Gasteiger partial charge in [-0.2, -0.15) is 0 Å². The molecule has 0 bridgehead atoms. The Morgan fingerprint density at radius 3 is 2.94 bits per heavy atom. The fraction of sp³-hybridized carbons (Fsp3) is 0.417. The van der Waals surface area contributed by atoms with Crippen molar-refractivity contribution in [1.29, 1.82) is 0 Å². The van der Waals surface area contributed by atoms with Crippen molar-refractivity contribution in [3.05, 3.63) is 34.6 Å². The summed E-state index contributed by atoms with van der Waals surface area (Å²) in [4.78, 5) is 5.12. The van der Waals surface area contributed by atoms with E-state index in [4.69, 9.17) is 10.5 Å². The highest BCUT2D eigenvalue weighted by Gasteiger charge is 2.15. The summed E-state index contributed by atoms with van der Waals surface area (Å²) in [6, 6.07) is 1.68. The van der Waals surface area contributed by atoms with E-state index in [1.807, 2.05) is 13.0 Å². The molecule has 0 aliphatic carbocycles. The SMILES string of the molecule is CCCOc1cncc(C(N)c2snnc2C)c1. The summed E-state index contributed by atoms with van der Waals surface area (Å²) in [7, 11) is 0. The molecule has 2 aromatic heterocycles. The molecule has 0 saturated heterocycles. The van der Waals surface area contributed by atoms with E-state index in [-0.39, 0.29) is 6.04 Å². The second-order valence-corrected chi connectivity index (χ2v) is 4.79. The van der Waals surface area contributed by atoms with Crippen LogP contribution in [0.4, 0.5) is 0 Å². The van der Waals surface area contributed by atoms with Crippen LogP contribution in [0.3, 0.4) is 0 Å². The van der Waals surface area contributed by atoms with Gasteiger partial charge in [-0.1, -0.05) is 11.4 Å². The van der Waals surface area contributed by atoms with Gasteiger partial charge in [-0.3, -0.25) is 4.98 Å². The monoisotopic (exact) mass is 264 g/mol. The van der Waals surface area contributed by atoms with Crippen LogP contribution in [0.15, 0.2) is 18.5 Å². The molecule has 0 saturated carbocycles. The van der Waals surface area contributed by atoms with Gasteiger partial charge in [0.1, 0.15) is 5.75 Å². The first kappa shape index (κ1) is 12.9. The molecule has 2 heterocycles. The molecule has 0 fully saturated rings. The van der Waals surface area contributed by atoms with Crippen LogP contribution in [0.25, 0.3) is 0 Å². The first-order chi connectivity index (χ1) is 8.72. The second kappa shape index (κ2) is 5.88. The Labute approximate surface area is 110 Å². The lowest BCUT2D eigenvalue weighted by molar-refractivity contribution is 0.315. The molecule has 1 atom stereocenters. The minimum Gasteiger partial charge on any atom is -0.492 e. The van der Waals surface area contributed by atoms with Gasteiger partial charge in [-0.25, -0.2) is 0 Å². The van der Waals surface area contributed by atoms with Crippen molar-refractivity contribution in [1.82, 2.24) is 14.6 Å². The Morgan fingerprint density at radius 2 is 2.28 bits per heavy atom. The summed E-state index contributed by atoms with van der Waals surface area (Å²) in [5.74, 6) is 0.750. The number of nitrogens with zero attached hydrogens (tertiary/aromatic N) is 3. The predicted octanol–water partition coefficient (Wildman–Crippen LogP) is 2.08. The van der Waals surface area contributed by atoms with Crippen LogP contribution in [0.5, 0.6) is 5.75 Å². The van der Waals surface area contributed by atoms with E-state index in [2.05, 4.69) is 21.5 Å². The average molecular weight is 264 g/mol. The number of nitrogens with two attached hydrogens (primary N) is 1. The lowest BCUT2D eigenvalue weighted by atomic mass is 10.1. The third kappa shape index (κ3) is 2.83. The molecule has 1 unspecified atom stereocenters. The van der Waals surface area contributed by atoms with Gasteiger partial charge in [0.15, 0.2) is 0 Å². The van der Waals surface area contributed by atoms with E-state index in [1.54, 1.807) is 12.4 Å². The lowest BCUT2D eigenvalue weighted by Crippen LogP contribution is -2.12. The molecule has 0 spiro atoms. The van der Waals surface area contributed by atoms with Crippen molar-refractivity contribution in [3.8, 4) is 5.75 Å². The summed E-state index contributed by atoms with van der Waals surface area (Å²) in [5.41, 5.74) is 7.98. The Morgan fingerprint density at radius 1 is 1.44 bits per heavy atom. The molecule has 5 nitrogen and oxygen atoms in total. The number of pyridine rings is 1. The first-order valence-corrected chi connectivity index (χ1v) is 6.62. The summed E-state index contributed by atoms with van der Waals surface area (Å²) >= 11 is 1.32. The number of rotatable bonds is 5. The molecule has 18 heavy (non-hydrogen) atoms. The third-order valence-corrected chi connectivity index (χ3v) is 3.44. The van der Waals surface area contributed by atoms with Crippen molar-refractivity contribution in [2.45, 2.75) is 26.3 Å². The van der Waals surface area contributed by atoms with Gasteiger partial charge in [-0.05, 0) is 36.5 Å². The van der Waals surface area contributed by atoms with E-state index in [0.717, 1.165) is 28.3 Å². The molecule has 0 radical (unpaired) electrons. The molecule has 2 rings (SSSR count). The average Bonchev–Trinajstić information content (AvgIpc) is 2.82. The molecule has 0 aliphatic rings. The summed E-state index contributed by atoms with van der Waals surface area (Å²) in [6.45, 7) is 4.65. The van der Waals surface area contributed by atoms with Gasteiger partial charge in [0.05, 0.1) is 29.4 Å². The molecule has 96 valence electrons. The van der Waals surface area contributed by atoms with Crippen molar-refractivity contribution < 1.29 is 4.74 Å². The van der Waals surface area contributed by atoms with Crippen LogP contribution >= 0.6 is 11.5 Å². The number of aryl methyl sites for hydroxylation is 1. The summed E-state index contributed by atoms with van der Waals surface area (Å²) in [6.07, 6.45) is 4.42. The minimum absolute atomic E-state index is 0.248. The van der Waals surface area contributed by atoms with E-state index < -0.39 is 0 Å². The predicted molar refractivity (Wildman–Crippen MR) is 70.7 cm³/mol. The Balaban J connectivity index is 2.20. The van der Waals surface area contributed by atoms with Gasteiger partial charge in [-0.15, -0.1) is 5.10 Å². The van der Waals surface area contributed by atoms with E-state index in [0.29, 0.717) is 6.61 Å². The van der Waals surface area contributed by atoms with Crippen LogP contribution in [-0.4, -0.2) is 21.2 Å². The largest absolute Gasteiger partial charge is 0.492 e. The molecular weight excluding hydrogens is 248 g/mol. The normalized spacial score (nSPS) is 12.4. The molecule has 0 aromatic carbocycles. The maximum absolute atomic E-state index is 6.19. The zero-order chi connectivity index (χ0) is 13.0. The van der Waals surface area contributed by atoms with Gasteiger partial charge >= 0.3 is 0 Å². The van der Waals surface area contributed by atoms with E-state index in [1.165, 1.54) is 11.5 Å². The zero-order valence-electron chi connectivity index (χ0n) is 10.5. The van der Waals surface area contributed by atoms with Gasteiger partial charge in [0, 0.05) is 6.20 Å². The maximum Gasteiger partial charge on any atom is 0.137 e. The minimum atomic E-state index is -0.248. The summed E-state index contributed by atoms with van der Waals surface area (Å²) < 4.78 is 9.45. The van der Waals surface area contributed by atoms with E-state index in [9.17, 15) is 0 Å². The number of hydrogen-bond acceptors (Lipinski definition) is 6. The molecule has 0 amide bonds. The Bertz CT molecular complexity index is 514. The number of ether oxygens (including phenoxy) is 1. The van der Waals surface area contributed by atoms with E-state index >= 15 is 0 Å². The fourth-order valence-electron chi connectivity index (χ4n) is 1.58. The lowest BCUT2D eigenvalue weighted by Gasteiger charge is -2.11. The quantitative estimate of drug-likeness (QED) is 0.895. The van der Waals surface area contributed by atoms with Crippen molar-refractivity contribution in [2.75, 3.05) is 6.61 Å². The van der Waals surface area contributed by atoms with Crippen LogP contribution in [0, 0.1) is 6.92 Å². The first-order valence-electron chi connectivity index (χ1n) is 5.84. The topological polar surface area (TPSA) is 73.9 Å². The highest BCUT2D eigenvalue weighted by Crippen LogP contribution is 2.25. The maximum atomic E-state index is 6.19. The fourth-order valence-corrected chi connectivity index (χ4v) is 2.25. The molecule has 2 aromatic rings. The molecular formula is C12H16N4OS. The smallest absolute Gasteiger partial charge is 0.137 e. The third-order valence-electron chi connectivity index (χ3n) is 2.54. The number of aromatic nitrogens is 3. The van der Waals surface area contributed by atoms with Gasteiger partial charge in [0.25, 0.3) is 0 Å². The van der Waals surface area contributed by atoms with Gasteiger partial charge < -0.3 is 10.5 Å². The van der Waals surface area contributed by atoms with Crippen molar-refractivity contribution in [2.24, 2.45) is 5.73 Å². The zero-order valence-corrected chi connectivity index (χ0v) is 11.3.